The first kappa shape index (κ1) is 24.5. The summed E-state index contributed by atoms with van der Waals surface area (Å²) in [6, 6.07) is 3.34. The first-order valence-corrected chi connectivity index (χ1v) is 14.0. The molecule has 1 saturated carbocycles. The van der Waals surface area contributed by atoms with Crippen molar-refractivity contribution >= 4 is 33.0 Å². The van der Waals surface area contributed by atoms with Gasteiger partial charge in [-0.2, -0.15) is 0 Å². The zero-order valence-corrected chi connectivity index (χ0v) is 21.2. The van der Waals surface area contributed by atoms with Crippen LogP contribution in [0.3, 0.4) is 0 Å². The summed E-state index contributed by atoms with van der Waals surface area (Å²) in [5, 5.41) is -0.217. The minimum Gasteiger partial charge on any atom is -0.477 e. The number of aromatic nitrogens is 4. The fourth-order valence-corrected chi connectivity index (χ4v) is 6.53. The summed E-state index contributed by atoms with van der Waals surface area (Å²) in [5.41, 5.74) is 7.71. The summed E-state index contributed by atoms with van der Waals surface area (Å²) in [7, 11) is -3.44. The molecule has 2 unspecified atom stereocenters. The lowest BCUT2D eigenvalue weighted by Crippen LogP contribution is -2.20. The molecule has 0 spiro atoms. The van der Waals surface area contributed by atoms with E-state index < -0.39 is 21.8 Å². The van der Waals surface area contributed by atoms with Gasteiger partial charge in [-0.1, -0.05) is 0 Å². The largest absolute Gasteiger partial charge is 0.477 e. The van der Waals surface area contributed by atoms with Gasteiger partial charge in [0.1, 0.15) is 5.69 Å². The highest BCUT2D eigenvalue weighted by molar-refractivity contribution is 7.93. The Balaban J connectivity index is 1.60. The molecule has 1 aliphatic heterocycles. The van der Waals surface area contributed by atoms with Gasteiger partial charge in [-0.15, -0.1) is 11.3 Å². The third-order valence-electron chi connectivity index (χ3n) is 6.06. The summed E-state index contributed by atoms with van der Waals surface area (Å²) in [6.45, 7) is 3.33. The highest BCUT2D eigenvalue weighted by Crippen LogP contribution is 2.43. The highest BCUT2D eigenvalue weighted by atomic mass is 32.2. The molecule has 2 aliphatic rings. The molecule has 1 aliphatic carbocycles. The van der Waals surface area contributed by atoms with Crippen molar-refractivity contribution in [3.05, 3.63) is 47.1 Å². The number of primary amides is 1. The molecule has 3 N–H and O–H groups in total. The summed E-state index contributed by atoms with van der Waals surface area (Å²) in [4.78, 5) is 30.7. The molecule has 190 valence electrons. The molecule has 5 rings (SSSR count). The predicted molar refractivity (Wildman–Crippen MR) is 133 cm³/mol. The number of hydrogen-bond acceptors (Lipinski definition) is 10. The van der Waals surface area contributed by atoms with E-state index >= 15 is 0 Å². The minimum absolute atomic E-state index is 0.00241. The number of rotatable bonds is 10. The number of pyridine rings is 1. The summed E-state index contributed by atoms with van der Waals surface area (Å²) < 4.78 is 38.9. The van der Waals surface area contributed by atoms with Crippen LogP contribution in [0.4, 0.5) is 5.69 Å². The molecule has 3 aromatic rings. The Kier molecular flexibility index (Phi) is 6.86. The fourth-order valence-electron chi connectivity index (χ4n) is 4.23. The number of anilines is 1. The second-order valence-electron chi connectivity index (χ2n) is 8.69. The Morgan fingerprint density at radius 1 is 1.31 bits per heavy atom. The molecular formula is C23H26N6O5S2. The fraction of sp³-hybridized carbons (Fsp3) is 0.435. The van der Waals surface area contributed by atoms with Gasteiger partial charge in [0.25, 0.3) is 5.91 Å². The molecule has 0 aromatic carbocycles. The van der Waals surface area contributed by atoms with Crippen molar-refractivity contribution in [3.8, 4) is 16.5 Å². The summed E-state index contributed by atoms with van der Waals surface area (Å²) >= 11 is 1.13. The van der Waals surface area contributed by atoms with E-state index in [0.717, 1.165) is 17.8 Å². The van der Waals surface area contributed by atoms with Crippen LogP contribution in [-0.2, 0) is 14.8 Å². The number of carbonyl (C=O) groups excluding carboxylic acids is 1. The lowest BCUT2D eigenvalue weighted by atomic mass is 9.84. The molecule has 0 bridgehead atoms. The number of nitrogens with two attached hydrogens (primary N) is 1. The van der Waals surface area contributed by atoms with Crippen LogP contribution in [0, 0.1) is 5.92 Å². The van der Waals surface area contributed by atoms with Gasteiger partial charge in [-0.3, -0.25) is 19.5 Å². The number of thiazole rings is 1. The Morgan fingerprint density at radius 2 is 2.14 bits per heavy atom. The van der Waals surface area contributed by atoms with E-state index in [0.29, 0.717) is 66.2 Å². The van der Waals surface area contributed by atoms with Gasteiger partial charge in [0.2, 0.25) is 15.9 Å². The standard InChI is InChI=1S/C23H26N6O5S2/c1-2-34-18-11-25-10-17(27-18)21-20(28-23(35-21)22(24)30)19(13-6-8-33-12-13)16-9-14(5-7-26-16)29-36(31,32)15-3-4-15/h5,7,9-11,13,15,19H,2-4,6,8,12H2,1H3,(H2,24,30)(H,26,29). The maximum Gasteiger partial charge on any atom is 0.277 e. The number of nitrogens with one attached hydrogen (secondary N) is 1. The van der Waals surface area contributed by atoms with Crippen molar-refractivity contribution in [2.24, 2.45) is 11.7 Å². The lowest BCUT2D eigenvalue weighted by molar-refractivity contribution is 0.0999. The van der Waals surface area contributed by atoms with Crippen molar-refractivity contribution in [1.29, 1.82) is 0 Å². The lowest BCUT2D eigenvalue weighted by Gasteiger charge is -2.22. The van der Waals surface area contributed by atoms with E-state index in [2.05, 4.69) is 24.7 Å². The van der Waals surface area contributed by atoms with E-state index in [4.69, 9.17) is 15.2 Å². The molecule has 2 atom stereocenters. The van der Waals surface area contributed by atoms with Gasteiger partial charge in [-0.25, -0.2) is 18.4 Å². The minimum atomic E-state index is -3.44. The van der Waals surface area contributed by atoms with Crippen LogP contribution < -0.4 is 15.2 Å². The van der Waals surface area contributed by atoms with E-state index in [1.165, 1.54) is 6.20 Å². The molecule has 36 heavy (non-hydrogen) atoms. The Bertz CT molecular complexity index is 1370. The zero-order chi connectivity index (χ0) is 25.3. The second kappa shape index (κ2) is 10.1. The molecule has 1 saturated heterocycles. The highest BCUT2D eigenvalue weighted by Gasteiger charge is 2.37. The number of nitrogens with zero attached hydrogens (tertiary/aromatic N) is 4. The van der Waals surface area contributed by atoms with E-state index in [1.807, 2.05) is 6.92 Å². The van der Waals surface area contributed by atoms with Gasteiger partial charge in [0.15, 0.2) is 5.01 Å². The van der Waals surface area contributed by atoms with Crippen LogP contribution in [0.5, 0.6) is 5.88 Å². The van der Waals surface area contributed by atoms with Gasteiger partial charge in [-0.05, 0) is 44.2 Å². The smallest absolute Gasteiger partial charge is 0.277 e. The van der Waals surface area contributed by atoms with Gasteiger partial charge >= 0.3 is 0 Å². The van der Waals surface area contributed by atoms with E-state index in [1.54, 1.807) is 24.5 Å². The number of hydrogen-bond donors (Lipinski definition) is 2. The summed E-state index contributed by atoms with van der Waals surface area (Å²) in [5.74, 6) is -0.695. The molecule has 1 amide bonds. The zero-order valence-electron chi connectivity index (χ0n) is 19.6. The van der Waals surface area contributed by atoms with Gasteiger partial charge in [0, 0.05) is 12.8 Å². The second-order valence-corrected chi connectivity index (χ2v) is 11.7. The number of sulfonamides is 1. The SMILES string of the molecule is CCOc1cncc(-c2sc(C(N)=O)nc2C(c2cc(NS(=O)(=O)C3CC3)ccn2)C2CCOC2)n1. The van der Waals surface area contributed by atoms with Crippen molar-refractivity contribution in [3.63, 3.8) is 0 Å². The van der Waals surface area contributed by atoms with Gasteiger partial charge in [0.05, 0.1) is 58.7 Å². The third kappa shape index (κ3) is 5.18. The van der Waals surface area contributed by atoms with Crippen LogP contribution in [0.25, 0.3) is 10.6 Å². The Labute approximate surface area is 212 Å². The molecule has 13 heteroatoms. The Hall–Kier alpha value is -3.16. The summed E-state index contributed by atoms with van der Waals surface area (Å²) in [6.07, 6.45) is 6.74. The van der Waals surface area contributed by atoms with Crippen molar-refractivity contribution in [1.82, 2.24) is 19.9 Å². The first-order chi connectivity index (χ1) is 17.4. The van der Waals surface area contributed by atoms with Crippen molar-refractivity contribution in [2.75, 3.05) is 24.5 Å². The van der Waals surface area contributed by atoms with Crippen LogP contribution in [0.2, 0.25) is 0 Å². The van der Waals surface area contributed by atoms with Gasteiger partial charge < -0.3 is 15.2 Å². The average Bonchev–Trinajstić information content (AvgIpc) is 3.42. The molecular weight excluding hydrogens is 504 g/mol. The van der Waals surface area contributed by atoms with Crippen molar-refractivity contribution in [2.45, 2.75) is 37.4 Å². The number of carbonyl (C=O) groups is 1. The molecule has 11 nitrogen and oxygen atoms in total. The number of ether oxygens (including phenoxy) is 2. The third-order valence-corrected chi connectivity index (χ3v) is 9.03. The quantitative estimate of drug-likeness (QED) is 0.401. The van der Waals surface area contributed by atoms with E-state index in [-0.39, 0.29) is 16.2 Å². The maximum atomic E-state index is 12.5. The molecule has 2 fully saturated rings. The maximum absolute atomic E-state index is 12.5. The first-order valence-electron chi connectivity index (χ1n) is 11.7. The van der Waals surface area contributed by atoms with Crippen LogP contribution in [0.1, 0.15) is 53.3 Å². The Morgan fingerprint density at radius 3 is 2.83 bits per heavy atom. The molecule has 3 aromatic heterocycles. The number of amides is 1. The van der Waals surface area contributed by atoms with E-state index in [9.17, 15) is 13.2 Å². The van der Waals surface area contributed by atoms with Crippen LogP contribution >= 0.6 is 11.3 Å². The monoisotopic (exact) mass is 530 g/mol. The molecule has 4 heterocycles. The predicted octanol–water partition coefficient (Wildman–Crippen LogP) is 2.57. The van der Waals surface area contributed by atoms with Crippen molar-refractivity contribution < 1.29 is 22.7 Å². The van der Waals surface area contributed by atoms with Crippen LogP contribution in [0.15, 0.2) is 30.7 Å². The van der Waals surface area contributed by atoms with Crippen LogP contribution in [-0.4, -0.2) is 59.3 Å². The average molecular weight is 531 g/mol. The molecule has 0 radical (unpaired) electrons. The normalized spacial score (nSPS) is 18.6. The topological polar surface area (TPSA) is 159 Å².